The van der Waals surface area contributed by atoms with E-state index in [1.807, 2.05) is 39.0 Å². The van der Waals surface area contributed by atoms with E-state index < -0.39 is 5.97 Å². The minimum absolute atomic E-state index is 0.0187. The van der Waals surface area contributed by atoms with Gasteiger partial charge in [-0.25, -0.2) is 14.5 Å². The molecule has 4 aromatic rings. The molecule has 3 N–H and O–H groups in total. The number of benzene rings is 2. The summed E-state index contributed by atoms with van der Waals surface area (Å²) in [6.45, 7) is 10.2. The lowest BCUT2D eigenvalue weighted by Crippen LogP contribution is -2.32. The number of fused-ring (bicyclic) bond motifs is 2. The predicted octanol–water partition coefficient (Wildman–Crippen LogP) is 4.18. The van der Waals surface area contributed by atoms with Gasteiger partial charge in [-0.15, -0.1) is 0 Å². The van der Waals surface area contributed by atoms with E-state index in [0.29, 0.717) is 17.3 Å². The van der Waals surface area contributed by atoms with E-state index >= 15 is 0 Å². The first-order chi connectivity index (χ1) is 14.0. The number of carboxylic acids is 1. The normalized spacial score (nSPS) is 12.7. The number of carbonyl (C=O) groups is 1. The average Bonchev–Trinajstić information content (AvgIpc) is 3.22. The van der Waals surface area contributed by atoms with Gasteiger partial charge in [0, 0.05) is 5.41 Å². The molecule has 0 radical (unpaired) electrons. The van der Waals surface area contributed by atoms with Gasteiger partial charge in [0.15, 0.2) is 0 Å². The Morgan fingerprint density at radius 1 is 1.07 bits per heavy atom. The highest BCUT2D eigenvalue weighted by Gasteiger charge is 2.26. The number of H-pyrrole nitrogens is 2. The molecule has 0 saturated heterocycles. The van der Waals surface area contributed by atoms with Crippen LogP contribution in [-0.4, -0.2) is 30.8 Å². The molecular weight excluding hydrogens is 380 g/mol. The van der Waals surface area contributed by atoms with Gasteiger partial charge >= 0.3 is 5.97 Å². The second-order valence-corrected chi connectivity index (χ2v) is 9.49. The van der Waals surface area contributed by atoms with E-state index in [2.05, 4.69) is 28.9 Å². The molecule has 2 aromatic heterocycles. The van der Waals surface area contributed by atoms with Gasteiger partial charge in [-0.3, -0.25) is 9.89 Å². The molecule has 0 aliphatic rings. The number of hydrogen-bond acceptors (Lipinski definition) is 3. The molecule has 7 heteroatoms. The quantitative estimate of drug-likeness (QED) is 0.473. The fourth-order valence-corrected chi connectivity index (χ4v) is 3.80. The fourth-order valence-electron chi connectivity index (χ4n) is 3.80. The van der Waals surface area contributed by atoms with Gasteiger partial charge in [0.1, 0.15) is 5.82 Å². The van der Waals surface area contributed by atoms with Crippen molar-refractivity contribution in [3.8, 4) is 0 Å². The Kier molecular flexibility index (Phi) is 4.38. The molecule has 30 heavy (non-hydrogen) atoms. The molecule has 0 aliphatic carbocycles. The lowest BCUT2D eigenvalue weighted by molar-refractivity contribution is 0.0697. The van der Waals surface area contributed by atoms with Gasteiger partial charge in [-0.05, 0) is 63.1 Å². The summed E-state index contributed by atoms with van der Waals surface area (Å²) in [6.07, 6.45) is 0.706. The number of carboxylic acid groups (broad SMARTS) is 1. The number of nitrogens with one attached hydrogen (secondary N) is 2. The largest absolute Gasteiger partial charge is 0.478 e. The van der Waals surface area contributed by atoms with Crippen LogP contribution < -0.4 is 5.56 Å². The third kappa shape index (κ3) is 3.40. The van der Waals surface area contributed by atoms with Gasteiger partial charge in [0.25, 0.3) is 5.56 Å². The zero-order valence-electron chi connectivity index (χ0n) is 17.8. The van der Waals surface area contributed by atoms with Crippen molar-refractivity contribution in [1.29, 1.82) is 0 Å². The van der Waals surface area contributed by atoms with Gasteiger partial charge in [0.2, 0.25) is 0 Å². The van der Waals surface area contributed by atoms with Crippen molar-refractivity contribution in [3.63, 3.8) is 0 Å². The summed E-state index contributed by atoms with van der Waals surface area (Å²) in [7, 11) is 0. The van der Waals surface area contributed by atoms with Crippen molar-refractivity contribution in [2.45, 2.75) is 52.0 Å². The monoisotopic (exact) mass is 406 g/mol. The van der Waals surface area contributed by atoms with Crippen LogP contribution in [0.2, 0.25) is 0 Å². The third-order valence-electron chi connectivity index (χ3n) is 5.44. The van der Waals surface area contributed by atoms with Crippen LogP contribution in [-0.2, 0) is 17.4 Å². The molecular formula is C23H26N4O3. The molecule has 0 spiro atoms. The maximum Gasteiger partial charge on any atom is 0.335 e. The lowest BCUT2D eigenvalue weighted by Gasteiger charge is -2.22. The minimum atomic E-state index is -0.967. The standard InChI is InChI=1S/C23H26N4O3/c1-22(2,3)27-19(28)15-8-6-13(10-17(15)26-27)12-23(4,5)21-24-16-9-7-14(20(29)30)11-18(16)25-21/h6-11,26H,12H2,1-5H3,(H,24,25)(H,29,30). The summed E-state index contributed by atoms with van der Waals surface area (Å²) >= 11 is 0. The molecule has 0 saturated carbocycles. The van der Waals surface area contributed by atoms with Crippen LogP contribution in [0.15, 0.2) is 41.2 Å². The highest BCUT2D eigenvalue weighted by molar-refractivity contribution is 5.92. The molecule has 0 bridgehead atoms. The van der Waals surface area contributed by atoms with Gasteiger partial charge < -0.3 is 10.1 Å². The summed E-state index contributed by atoms with van der Waals surface area (Å²) in [5.41, 5.74) is 2.91. The van der Waals surface area contributed by atoms with E-state index in [0.717, 1.165) is 22.4 Å². The summed E-state index contributed by atoms with van der Waals surface area (Å²) in [5, 5.41) is 13.1. The number of hydrogen-bond donors (Lipinski definition) is 3. The van der Waals surface area contributed by atoms with Crippen molar-refractivity contribution in [2.24, 2.45) is 0 Å². The molecule has 4 rings (SSSR count). The van der Waals surface area contributed by atoms with Crippen LogP contribution in [0, 0.1) is 0 Å². The molecule has 0 atom stereocenters. The Morgan fingerprint density at radius 3 is 2.47 bits per heavy atom. The van der Waals surface area contributed by atoms with Crippen LogP contribution in [0.1, 0.15) is 56.4 Å². The topological polar surface area (TPSA) is 104 Å². The second-order valence-electron chi connectivity index (χ2n) is 9.49. The van der Waals surface area contributed by atoms with Gasteiger partial charge in [-0.1, -0.05) is 19.9 Å². The van der Waals surface area contributed by atoms with E-state index in [1.54, 1.807) is 22.9 Å². The highest BCUT2D eigenvalue weighted by Crippen LogP contribution is 2.29. The Bertz CT molecular complexity index is 1330. The number of aromatic carboxylic acids is 1. The van der Waals surface area contributed by atoms with E-state index in [-0.39, 0.29) is 22.1 Å². The molecule has 0 unspecified atom stereocenters. The maximum atomic E-state index is 12.6. The second kappa shape index (κ2) is 6.58. The number of imidazole rings is 1. The highest BCUT2D eigenvalue weighted by atomic mass is 16.4. The van der Waals surface area contributed by atoms with Crippen molar-refractivity contribution in [2.75, 3.05) is 0 Å². The van der Waals surface area contributed by atoms with Crippen molar-refractivity contribution in [1.82, 2.24) is 19.7 Å². The van der Waals surface area contributed by atoms with Crippen LogP contribution in [0.5, 0.6) is 0 Å². The minimum Gasteiger partial charge on any atom is -0.478 e. The average molecular weight is 406 g/mol. The van der Waals surface area contributed by atoms with Crippen molar-refractivity contribution >= 4 is 27.9 Å². The maximum absolute atomic E-state index is 12.6. The zero-order valence-corrected chi connectivity index (χ0v) is 17.8. The SMILES string of the molecule is CC(C)(Cc1ccc2c(=O)n(C(C)(C)C)[nH]c2c1)c1nc2cc(C(=O)O)ccc2[nH]1. The Hall–Kier alpha value is -3.35. The van der Waals surface area contributed by atoms with Crippen LogP contribution >= 0.6 is 0 Å². The number of aromatic amines is 2. The van der Waals surface area contributed by atoms with Crippen LogP contribution in [0.4, 0.5) is 0 Å². The Balaban J connectivity index is 1.69. The molecule has 0 fully saturated rings. The summed E-state index contributed by atoms with van der Waals surface area (Å²) in [6, 6.07) is 10.8. The molecule has 2 aromatic carbocycles. The first-order valence-corrected chi connectivity index (χ1v) is 9.93. The van der Waals surface area contributed by atoms with E-state index in [4.69, 9.17) is 0 Å². The van der Waals surface area contributed by atoms with Gasteiger partial charge in [-0.2, -0.15) is 0 Å². The first-order valence-electron chi connectivity index (χ1n) is 9.93. The molecule has 156 valence electrons. The Morgan fingerprint density at radius 2 is 1.80 bits per heavy atom. The molecule has 0 aliphatic heterocycles. The number of aromatic nitrogens is 4. The molecule has 2 heterocycles. The summed E-state index contributed by atoms with van der Waals surface area (Å²) in [5.74, 6) is -0.175. The van der Waals surface area contributed by atoms with Gasteiger partial charge in [0.05, 0.1) is 33.0 Å². The number of nitrogens with zero attached hydrogens (tertiary/aromatic N) is 2. The van der Waals surface area contributed by atoms with Crippen molar-refractivity contribution < 1.29 is 9.90 Å². The Labute approximate surface area is 173 Å². The van der Waals surface area contributed by atoms with Crippen LogP contribution in [0.25, 0.3) is 21.9 Å². The smallest absolute Gasteiger partial charge is 0.335 e. The summed E-state index contributed by atoms with van der Waals surface area (Å²) in [4.78, 5) is 31.8. The third-order valence-corrected chi connectivity index (χ3v) is 5.44. The van der Waals surface area contributed by atoms with E-state index in [1.165, 1.54) is 0 Å². The van der Waals surface area contributed by atoms with E-state index in [9.17, 15) is 14.7 Å². The predicted molar refractivity (Wildman–Crippen MR) is 117 cm³/mol. The van der Waals surface area contributed by atoms with Crippen molar-refractivity contribution in [3.05, 3.63) is 63.7 Å². The lowest BCUT2D eigenvalue weighted by atomic mass is 9.85. The fraction of sp³-hybridized carbons (Fsp3) is 0.348. The molecule has 7 nitrogen and oxygen atoms in total. The molecule has 0 amide bonds. The van der Waals surface area contributed by atoms with Crippen LogP contribution in [0.3, 0.4) is 0 Å². The summed E-state index contributed by atoms with van der Waals surface area (Å²) < 4.78 is 1.66. The number of rotatable bonds is 4. The zero-order chi connectivity index (χ0) is 21.8. The first kappa shape index (κ1) is 19.9.